The van der Waals surface area contributed by atoms with Crippen molar-refractivity contribution in [1.29, 1.82) is 0 Å². The maximum atomic E-state index is 11.9. The molecule has 0 aromatic heterocycles. The molecule has 0 unspecified atom stereocenters. The maximum absolute atomic E-state index is 11.9. The van der Waals surface area contributed by atoms with Crippen molar-refractivity contribution in [3.63, 3.8) is 0 Å². The Morgan fingerprint density at radius 1 is 1.42 bits per heavy atom. The number of nitrogens with one attached hydrogen (secondary N) is 1. The van der Waals surface area contributed by atoms with Crippen LogP contribution in [0.5, 0.6) is 0 Å². The van der Waals surface area contributed by atoms with Gasteiger partial charge in [0.1, 0.15) is 0 Å². The van der Waals surface area contributed by atoms with E-state index in [9.17, 15) is 9.59 Å². The molecule has 5 nitrogen and oxygen atoms in total. The SMILES string of the molecule is NC1=NC(=O)C[C@H](C(=O)NCCc2ccccc2)S1. The summed E-state index contributed by atoms with van der Waals surface area (Å²) in [7, 11) is 0. The molecule has 0 fully saturated rings. The van der Waals surface area contributed by atoms with E-state index in [1.54, 1.807) is 0 Å². The van der Waals surface area contributed by atoms with Crippen LogP contribution in [0.15, 0.2) is 35.3 Å². The van der Waals surface area contributed by atoms with Gasteiger partial charge < -0.3 is 11.1 Å². The van der Waals surface area contributed by atoms with Gasteiger partial charge in [-0.3, -0.25) is 9.59 Å². The number of aliphatic imine (C=N–C) groups is 1. The minimum atomic E-state index is -0.458. The van der Waals surface area contributed by atoms with Gasteiger partial charge in [-0.25, -0.2) is 0 Å². The van der Waals surface area contributed by atoms with E-state index in [-0.39, 0.29) is 23.4 Å². The molecule has 0 saturated carbocycles. The van der Waals surface area contributed by atoms with E-state index < -0.39 is 5.25 Å². The molecule has 1 aliphatic rings. The lowest BCUT2D eigenvalue weighted by Crippen LogP contribution is -2.38. The average molecular weight is 277 g/mol. The highest BCUT2D eigenvalue weighted by molar-refractivity contribution is 8.15. The van der Waals surface area contributed by atoms with Gasteiger partial charge in [0.05, 0.1) is 11.7 Å². The fraction of sp³-hybridized carbons (Fsp3) is 0.308. The van der Waals surface area contributed by atoms with E-state index >= 15 is 0 Å². The Morgan fingerprint density at radius 3 is 2.84 bits per heavy atom. The Labute approximate surface area is 115 Å². The first-order valence-corrected chi connectivity index (χ1v) is 6.88. The molecule has 1 atom stereocenters. The number of carbonyl (C=O) groups excluding carboxylic acids is 2. The maximum Gasteiger partial charge on any atom is 0.249 e. The molecule has 2 rings (SSSR count). The summed E-state index contributed by atoms with van der Waals surface area (Å²) in [6.07, 6.45) is 0.879. The standard InChI is InChI=1S/C13H15N3O2S/c14-13-16-11(17)8-10(19-13)12(18)15-7-6-9-4-2-1-3-5-9/h1-5,10H,6-8H2,(H,15,18)(H2,14,16,17)/t10-/m1/s1. The first kappa shape index (κ1) is 13.6. The largest absolute Gasteiger partial charge is 0.378 e. The Hall–Kier alpha value is -1.82. The molecular formula is C13H15N3O2S. The van der Waals surface area contributed by atoms with Crippen molar-refractivity contribution in [2.75, 3.05) is 6.54 Å². The third-order valence-electron chi connectivity index (χ3n) is 2.71. The van der Waals surface area contributed by atoms with Crippen LogP contribution in [0, 0.1) is 0 Å². The second kappa shape index (κ2) is 6.38. The highest BCUT2D eigenvalue weighted by atomic mass is 32.2. The van der Waals surface area contributed by atoms with E-state index in [1.165, 1.54) is 0 Å². The van der Waals surface area contributed by atoms with Crippen molar-refractivity contribution in [1.82, 2.24) is 5.32 Å². The van der Waals surface area contributed by atoms with Gasteiger partial charge in [0.15, 0.2) is 5.17 Å². The number of benzene rings is 1. The molecule has 0 radical (unpaired) electrons. The highest BCUT2D eigenvalue weighted by Crippen LogP contribution is 2.20. The monoisotopic (exact) mass is 277 g/mol. The third-order valence-corrected chi connectivity index (χ3v) is 3.70. The van der Waals surface area contributed by atoms with Crippen LogP contribution in [0.4, 0.5) is 0 Å². The Balaban J connectivity index is 1.79. The van der Waals surface area contributed by atoms with Gasteiger partial charge in [-0.2, -0.15) is 4.99 Å². The number of amidine groups is 1. The lowest BCUT2D eigenvalue weighted by molar-refractivity contribution is -0.124. The van der Waals surface area contributed by atoms with Gasteiger partial charge in [0.25, 0.3) is 0 Å². The fourth-order valence-electron chi connectivity index (χ4n) is 1.78. The molecule has 3 N–H and O–H groups in total. The second-order valence-corrected chi connectivity index (χ2v) is 5.40. The predicted molar refractivity (Wildman–Crippen MR) is 75.8 cm³/mol. The van der Waals surface area contributed by atoms with Crippen LogP contribution < -0.4 is 11.1 Å². The molecular weight excluding hydrogens is 262 g/mol. The van der Waals surface area contributed by atoms with Crippen LogP contribution in [0.1, 0.15) is 12.0 Å². The summed E-state index contributed by atoms with van der Waals surface area (Å²) in [4.78, 5) is 26.7. The normalized spacial score (nSPS) is 18.8. The van der Waals surface area contributed by atoms with Crippen LogP contribution in [0.25, 0.3) is 0 Å². The molecule has 6 heteroatoms. The second-order valence-electron chi connectivity index (χ2n) is 4.18. The van der Waals surface area contributed by atoms with Crippen LogP contribution in [0.3, 0.4) is 0 Å². The zero-order chi connectivity index (χ0) is 13.7. The summed E-state index contributed by atoms with van der Waals surface area (Å²) in [6, 6.07) is 9.90. The fourth-order valence-corrected chi connectivity index (χ4v) is 2.64. The highest BCUT2D eigenvalue weighted by Gasteiger charge is 2.27. The predicted octanol–water partition coefficient (Wildman–Crippen LogP) is 0.692. The van der Waals surface area contributed by atoms with Crippen LogP contribution >= 0.6 is 11.8 Å². The summed E-state index contributed by atoms with van der Waals surface area (Å²) in [5.74, 6) is -0.494. The van der Waals surface area contributed by atoms with Crippen molar-refractivity contribution in [2.45, 2.75) is 18.1 Å². The molecule has 0 bridgehead atoms. The molecule has 0 spiro atoms. The van der Waals surface area contributed by atoms with Gasteiger partial charge in [0, 0.05) is 6.54 Å². The topological polar surface area (TPSA) is 84.5 Å². The molecule has 0 saturated heterocycles. The number of nitrogens with two attached hydrogens (primary N) is 1. The lowest BCUT2D eigenvalue weighted by atomic mass is 10.1. The van der Waals surface area contributed by atoms with Gasteiger partial charge >= 0.3 is 0 Å². The smallest absolute Gasteiger partial charge is 0.249 e. The molecule has 1 aliphatic heterocycles. The van der Waals surface area contributed by atoms with Gasteiger partial charge in [-0.1, -0.05) is 42.1 Å². The molecule has 19 heavy (non-hydrogen) atoms. The summed E-state index contributed by atoms with van der Waals surface area (Å²) < 4.78 is 0. The van der Waals surface area contributed by atoms with Crippen molar-refractivity contribution in [3.05, 3.63) is 35.9 Å². The summed E-state index contributed by atoms with van der Waals surface area (Å²) in [5.41, 5.74) is 6.65. The van der Waals surface area contributed by atoms with Crippen LogP contribution in [-0.4, -0.2) is 28.8 Å². The van der Waals surface area contributed by atoms with E-state index in [0.29, 0.717) is 6.54 Å². The van der Waals surface area contributed by atoms with E-state index in [2.05, 4.69) is 10.3 Å². The average Bonchev–Trinajstić information content (AvgIpc) is 2.38. The third kappa shape index (κ3) is 4.10. The molecule has 1 aromatic rings. The van der Waals surface area contributed by atoms with Crippen LogP contribution in [0.2, 0.25) is 0 Å². The van der Waals surface area contributed by atoms with Crippen molar-refractivity contribution < 1.29 is 9.59 Å². The summed E-state index contributed by atoms with van der Waals surface area (Å²) in [6.45, 7) is 0.547. The minimum Gasteiger partial charge on any atom is -0.378 e. The number of thioether (sulfide) groups is 1. The Morgan fingerprint density at radius 2 is 2.16 bits per heavy atom. The zero-order valence-electron chi connectivity index (χ0n) is 10.3. The number of carbonyl (C=O) groups is 2. The number of nitrogens with zero attached hydrogens (tertiary/aromatic N) is 1. The summed E-state index contributed by atoms with van der Waals surface area (Å²) >= 11 is 1.14. The molecule has 1 aromatic carbocycles. The molecule has 0 aliphatic carbocycles. The van der Waals surface area contributed by atoms with Crippen LogP contribution in [-0.2, 0) is 16.0 Å². The number of hydrogen-bond donors (Lipinski definition) is 2. The molecule has 100 valence electrons. The number of amides is 2. The van der Waals surface area contributed by atoms with Crippen molar-refractivity contribution in [3.8, 4) is 0 Å². The summed E-state index contributed by atoms with van der Waals surface area (Å²) in [5, 5.41) is 2.53. The Kier molecular flexibility index (Phi) is 4.57. The number of rotatable bonds is 4. The van der Waals surface area contributed by atoms with Crippen molar-refractivity contribution >= 4 is 28.7 Å². The van der Waals surface area contributed by atoms with E-state index in [1.807, 2.05) is 30.3 Å². The minimum absolute atomic E-state index is 0.114. The van der Waals surface area contributed by atoms with Gasteiger partial charge in [0.2, 0.25) is 11.8 Å². The van der Waals surface area contributed by atoms with E-state index in [4.69, 9.17) is 5.73 Å². The van der Waals surface area contributed by atoms with Gasteiger partial charge in [-0.15, -0.1) is 0 Å². The van der Waals surface area contributed by atoms with E-state index in [0.717, 1.165) is 23.7 Å². The Bertz CT molecular complexity index is 502. The lowest BCUT2D eigenvalue weighted by Gasteiger charge is -2.17. The first-order chi connectivity index (χ1) is 9.15. The van der Waals surface area contributed by atoms with Crippen molar-refractivity contribution in [2.24, 2.45) is 10.7 Å². The van der Waals surface area contributed by atoms with Gasteiger partial charge in [-0.05, 0) is 12.0 Å². The quantitative estimate of drug-likeness (QED) is 0.848. The molecule has 2 amide bonds. The zero-order valence-corrected chi connectivity index (χ0v) is 11.2. The molecule has 1 heterocycles. The number of hydrogen-bond acceptors (Lipinski definition) is 4. The first-order valence-electron chi connectivity index (χ1n) is 6.00.